The topological polar surface area (TPSA) is 78.6 Å². The van der Waals surface area contributed by atoms with Crippen molar-refractivity contribution in [2.75, 3.05) is 33.9 Å². The number of nitrogens with zero attached hydrogens (tertiary/aromatic N) is 4. The molecule has 30 heavy (non-hydrogen) atoms. The molecule has 0 spiro atoms. The third kappa shape index (κ3) is 3.37. The summed E-state index contributed by atoms with van der Waals surface area (Å²) in [6.07, 6.45) is 2.39. The Morgan fingerprint density at radius 3 is 2.83 bits per heavy atom. The molecule has 3 heterocycles. The predicted octanol–water partition coefficient (Wildman–Crippen LogP) is 2.25. The van der Waals surface area contributed by atoms with Gasteiger partial charge in [0.15, 0.2) is 5.65 Å². The third-order valence-corrected chi connectivity index (χ3v) is 5.79. The summed E-state index contributed by atoms with van der Waals surface area (Å²) in [6.45, 7) is 3.85. The Morgan fingerprint density at radius 1 is 1.23 bits per heavy atom. The van der Waals surface area contributed by atoms with Gasteiger partial charge in [0.05, 0.1) is 31.8 Å². The maximum Gasteiger partial charge on any atom is 0.330 e. The van der Waals surface area contributed by atoms with Crippen LogP contribution >= 0.6 is 0 Å². The monoisotopic (exact) mass is 410 g/mol. The highest BCUT2D eigenvalue weighted by molar-refractivity contribution is 5.96. The van der Waals surface area contributed by atoms with Crippen molar-refractivity contribution in [1.82, 2.24) is 19.0 Å². The highest BCUT2D eigenvalue weighted by Gasteiger charge is 2.32. The number of methoxy groups -OCH3 is 2. The van der Waals surface area contributed by atoms with Crippen LogP contribution in [0.2, 0.25) is 0 Å². The molecule has 1 aliphatic rings. The predicted molar refractivity (Wildman–Crippen MR) is 113 cm³/mol. The standard InChI is InChI=1S/C22H26N4O4/c1-15-17(6-4-8-19(15)30-3)21(27)24-11-9-16(14-24)26-20-18(7-5-10-23-20)25(22(26)28)12-13-29-2/h4-8,10,16H,9,11-14H2,1-3H3. The molecule has 4 rings (SSSR count). The summed E-state index contributed by atoms with van der Waals surface area (Å²) in [5, 5.41) is 0. The molecule has 0 N–H and O–H groups in total. The Hall–Kier alpha value is -3.13. The number of ether oxygens (including phenoxy) is 2. The van der Waals surface area contributed by atoms with Crippen LogP contribution in [0, 0.1) is 6.92 Å². The normalized spacial score (nSPS) is 16.4. The lowest BCUT2D eigenvalue weighted by molar-refractivity contribution is 0.0786. The van der Waals surface area contributed by atoms with E-state index < -0.39 is 0 Å². The van der Waals surface area contributed by atoms with Gasteiger partial charge in [0.25, 0.3) is 5.91 Å². The van der Waals surface area contributed by atoms with Crippen LogP contribution in [0.15, 0.2) is 41.3 Å². The first kappa shape index (κ1) is 20.2. The van der Waals surface area contributed by atoms with Crippen LogP contribution < -0.4 is 10.4 Å². The molecule has 8 heteroatoms. The quantitative estimate of drug-likeness (QED) is 0.623. The van der Waals surface area contributed by atoms with Gasteiger partial charge in [-0.15, -0.1) is 0 Å². The van der Waals surface area contributed by atoms with Gasteiger partial charge in [-0.3, -0.25) is 13.9 Å². The lowest BCUT2D eigenvalue weighted by atomic mass is 10.1. The van der Waals surface area contributed by atoms with Crippen molar-refractivity contribution < 1.29 is 14.3 Å². The van der Waals surface area contributed by atoms with Crippen molar-refractivity contribution in [3.8, 4) is 5.75 Å². The fraction of sp³-hybridized carbons (Fsp3) is 0.409. The lowest BCUT2D eigenvalue weighted by Crippen LogP contribution is -2.32. The van der Waals surface area contributed by atoms with E-state index in [4.69, 9.17) is 9.47 Å². The van der Waals surface area contributed by atoms with Crippen molar-refractivity contribution in [3.63, 3.8) is 0 Å². The van der Waals surface area contributed by atoms with Gasteiger partial charge in [-0.05, 0) is 37.6 Å². The zero-order valence-electron chi connectivity index (χ0n) is 17.5. The Balaban J connectivity index is 1.64. The van der Waals surface area contributed by atoms with Crippen LogP contribution in [-0.4, -0.2) is 58.8 Å². The molecular formula is C22H26N4O4. The molecule has 1 amide bonds. The van der Waals surface area contributed by atoms with Crippen LogP contribution in [0.5, 0.6) is 5.75 Å². The second-order valence-corrected chi connectivity index (χ2v) is 7.47. The smallest absolute Gasteiger partial charge is 0.330 e. The molecule has 0 aliphatic carbocycles. The molecule has 0 saturated carbocycles. The van der Waals surface area contributed by atoms with E-state index in [0.717, 1.165) is 11.1 Å². The fourth-order valence-corrected chi connectivity index (χ4v) is 4.21. The maximum absolute atomic E-state index is 13.2. The second-order valence-electron chi connectivity index (χ2n) is 7.47. The maximum atomic E-state index is 13.2. The SMILES string of the molecule is COCCn1c(=O)n(C2CCN(C(=O)c3cccc(OC)c3C)C2)c2ncccc21. The van der Waals surface area contributed by atoms with Crippen molar-refractivity contribution in [2.45, 2.75) is 25.9 Å². The number of likely N-dealkylation sites (tertiary alicyclic amines) is 1. The number of hydrogen-bond acceptors (Lipinski definition) is 5. The van der Waals surface area contributed by atoms with Crippen LogP contribution in [-0.2, 0) is 11.3 Å². The summed E-state index contributed by atoms with van der Waals surface area (Å²) in [7, 11) is 3.21. The molecule has 0 radical (unpaired) electrons. The number of rotatable bonds is 6. The molecule has 158 valence electrons. The number of fused-ring (bicyclic) bond motifs is 1. The van der Waals surface area contributed by atoms with E-state index in [1.165, 1.54) is 0 Å². The number of aromatic nitrogens is 3. The van der Waals surface area contributed by atoms with E-state index in [2.05, 4.69) is 4.98 Å². The largest absolute Gasteiger partial charge is 0.496 e. The second kappa shape index (κ2) is 8.31. The van der Waals surface area contributed by atoms with E-state index in [-0.39, 0.29) is 17.6 Å². The summed E-state index contributed by atoms with van der Waals surface area (Å²) in [6, 6.07) is 9.09. The summed E-state index contributed by atoms with van der Waals surface area (Å²) in [4.78, 5) is 32.6. The molecule has 8 nitrogen and oxygen atoms in total. The Bertz CT molecular complexity index is 1130. The van der Waals surface area contributed by atoms with Gasteiger partial charge >= 0.3 is 5.69 Å². The molecule has 0 bridgehead atoms. The summed E-state index contributed by atoms with van der Waals surface area (Å²) < 4.78 is 13.9. The average Bonchev–Trinajstić information content (AvgIpc) is 3.34. The summed E-state index contributed by atoms with van der Waals surface area (Å²) >= 11 is 0. The molecule has 2 aromatic heterocycles. The van der Waals surface area contributed by atoms with Gasteiger partial charge in [0, 0.05) is 37.5 Å². The van der Waals surface area contributed by atoms with Crippen molar-refractivity contribution in [3.05, 3.63) is 58.1 Å². The zero-order valence-corrected chi connectivity index (χ0v) is 17.5. The van der Waals surface area contributed by atoms with Gasteiger partial charge in [-0.2, -0.15) is 0 Å². The minimum Gasteiger partial charge on any atom is -0.496 e. The van der Waals surface area contributed by atoms with Crippen LogP contribution in [0.1, 0.15) is 28.4 Å². The number of hydrogen-bond donors (Lipinski definition) is 0. The molecule has 1 aromatic carbocycles. The summed E-state index contributed by atoms with van der Waals surface area (Å²) in [5.74, 6) is 0.649. The van der Waals surface area contributed by atoms with E-state index >= 15 is 0 Å². The van der Waals surface area contributed by atoms with E-state index in [9.17, 15) is 9.59 Å². The van der Waals surface area contributed by atoms with E-state index in [0.29, 0.717) is 49.6 Å². The van der Waals surface area contributed by atoms with Crippen molar-refractivity contribution >= 4 is 17.1 Å². The Labute approximate surface area is 174 Å². The first-order valence-corrected chi connectivity index (χ1v) is 10.0. The number of amides is 1. The number of carbonyl (C=O) groups excluding carboxylic acids is 1. The van der Waals surface area contributed by atoms with E-state index in [1.54, 1.807) is 34.5 Å². The van der Waals surface area contributed by atoms with Gasteiger partial charge in [0.1, 0.15) is 5.75 Å². The highest BCUT2D eigenvalue weighted by Crippen LogP contribution is 2.28. The molecule has 1 fully saturated rings. The Kier molecular flexibility index (Phi) is 5.59. The summed E-state index contributed by atoms with van der Waals surface area (Å²) in [5.41, 5.74) is 2.77. The third-order valence-electron chi connectivity index (χ3n) is 5.79. The number of imidazole rings is 1. The average molecular weight is 410 g/mol. The number of pyridine rings is 1. The van der Waals surface area contributed by atoms with Gasteiger partial charge in [-0.25, -0.2) is 9.78 Å². The van der Waals surface area contributed by atoms with Gasteiger partial charge in [0.2, 0.25) is 0 Å². The minimum atomic E-state index is -0.117. The van der Waals surface area contributed by atoms with Gasteiger partial charge in [-0.1, -0.05) is 6.07 Å². The lowest BCUT2D eigenvalue weighted by Gasteiger charge is -2.19. The zero-order chi connectivity index (χ0) is 21.3. The molecular weight excluding hydrogens is 384 g/mol. The van der Waals surface area contributed by atoms with Crippen LogP contribution in [0.3, 0.4) is 0 Å². The van der Waals surface area contributed by atoms with Crippen LogP contribution in [0.4, 0.5) is 0 Å². The van der Waals surface area contributed by atoms with E-state index in [1.807, 2.05) is 37.3 Å². The minimum absolute atomic E-state index is 0.0435. The molecule has 1 saturated heterocycles. The molecule has 3 aromatic rings. The van der Waals surface area contributed by atoms with Crippen LogP contribution in [0.25, 0.3) is 11.2 Å². The van der Waals surface area contributed by atoms with Gasteiger partial charge < -0.3 is 14.4 Å². The number of carbonyl (C=O) groups is 1. The molecule has 1 unspecified atom stereocenters. The number of benzene rings is 1. The first-order chi connectivity index (χ1) is 14.6. The molecule has 1 aliphatic heterocycles. The van der Waals surface area contributed by atoms with Crippen molar-refractivity contribution in [1.29, 1.82) is 0 Å². The first-order valence-electron chi connectivity index (χ1n) is 10.0. The molecule has 1 atom stereocenters. The highest BCUT2D eigenvalue weighted by atomic mass is 16.5. The Morgan fingerprint density at radius 2 is 2.07 bits per heavy atom. The fourth-order valence-electron chi connectivity index (χ4n) is 4.21. The van der Waals surface area contributed by atoms with Crippen molar-refractivity contribution in [2.24, 2.45) is 0 Å².